The van der Waals surface area contributed by atoms with Gasteiger partial charge in [0.15, 0.2) is 0 Å². The standard InChI is InChI=1S/C21H20F3N3OS.ClH/c22-21(23,24)29-19-5-2-16(3-6-19)27-20-12-15-11-18(4-1-14(15)13-26-20)28-17-7-9-25-10-8-17;/h1-6,11-13,17,25H,7-10H2,(H,26,27);1H. The number of ether oxygens (including phenoxy) is 1. The fourth-order valence-corrected chi connectivity index (χ4v) is 3.79. The summed E-state index contributed by atoms with van der Waals surface area (Å²) in [6.07, 6.45) is 3.97. The van der Waals surface area contributed by atoms with E-state index in [4.69, 9.17) is 4.74 Å². The van der Waals surface area contributed by atoms with Gasteiger partial charge in [0.25, 0.3) is 0 Å². The van der Waals surface area contributed by atoms with Crippen molar-refractivity contribution in [1.29, 1.82) is 0 Å². The Morgan fingerprint density at radius 2 is 1.73 bits per heavy atom. The summed E-state index contributed by atoms with van der Waals surface area (Å²) in [4.78, 5) is 4.53. The van der Waals surface area contributed by atoms with Gasteiger partial charge in [0.2, 0.25) is 0 Å². The second kappa shape index (κ2) is 9.76. The van der Waals surface area contributed by atoms with E-state index in [2.05, 4.69) is 15.6 Å². The summed E-state index contributed by atoms with van der Waals surface area (Å²) in [6.45, 7) is 1.94. The van der Waals surface area contributed by atoms with Gasteiger partial charge in [-0.15, -0.1) is 12.4 Å². The van der Waals surface area contributed by atoms with Crippen molar-refractivity contribution >= 4 is 46.4 Å². The Labute approximate surface area is 183 Å². The summed E-state index contributed by atoms with van der Waals surface area (Å²) in [6, 6.07) is 13.9. The minimum atomic E-state index is -4.29. The zero-order chi connectivity index (χ0) is 20.3. The second-order valence-corrected chi connectivity index (χ2v) is 7.98. The third kappa shape index (κ3) is 6.17. The van der Waals surface area contributed by atoms with Crippen LogP contribution in [-0.4, -0.2) is 29.7 Å². The quantitative estimate of drug-likeness (QED) is 0.452. The van der Waals surface area contributed by atoms with Crippen LogP contribution in [0.5, 0.6) is 5.75 Å². The van der Waals surface area contributed by atoms with E-state index in [1.54, 1.807) is 18.3 Å². The highest BCUT2D eigenvalue weighted by atomic mass is 35.5. The van der Waals surface area contributed by atoms with Crippen LogP contribution >= 0.6 is 24.2 Å². The molecule has 0 amide bonds. The number of hydrogen-bond donors (Lipinski definition) is 2. The van der Waals surface area contributed by atoms with Gasteiger partial charge in [-0.25, -0.2) is 4.98 Å². The van der Waals surface area contributed by atoms with Crippen LogP contribution in [0, 0.1) is 0 Å². The summed E-state index contributed by atoms with van der Waals surface area (Å²) in [7, 11) is 0. The lowest BCUT2D eigenvalue weighted by molar-refractivity contribution is -0.0328. The molecule has 0 aliphatic carbocycles. The van der Waals surface area contributed by atoms with Crippen molar-refractivity contribution < 1.29 is 17.9 Å². The van der Waals surface area contributed by atoms with Crippen molar-refractivity contribution in [2.45, 2.75) is 29.3 Å². The SMILES string of the molecule is Cl.FC(F)(F)Sc1ccc(Nc2cc3cc(OC4CCNCC4)ccc3cn2)cc1. The van der Waals surface area contributed by atoms with Gasteiger partial charge in [-0.3, -0.25) is 0 Å². The molecule has 4 rings (SSSR count). The summed E-state index contributed by atoms with van der Waals surface area (Å²) >= 11 is -0.128. The van der Waals surface area contributed by atoms with Crippen LogP contribution in [0.4, 0.5) is 24.7 Å². The van der Waals surface area contributed by atoms with Gasteiger partial charge in [-0.05, 0) is 91.6 Å². The minimum Gasteiger partial charge on any atom is -0.490 e. The number of alkyl halides is 3. The van der Waals surface area contributed by atoms with Gasteiger partial charge in [0.05, 0.1) is 0 Å². The number of nitrogens with one attached hydrogen (secondary N) is 2. The fraction of sp³-hybridized carbons (Fsp3) is 0.286. The van der Waals surface area contributed by atoms with Gasteiger partial charge in [0.1, 0.15) is 17.7 Å². The molecule has 1 aliphatic heterocycles. The Balaban J connectivity index is 0.00000256. The van der Waals surface area contributed by atoms with Crippen molar-refractivity contribution in [3.05, 3.63) is 54.7 Å². The van der Waals surface area contributed by atoms with Crippen molar-refractivity contribution in [3.8, 4) is 5.75 Å². The van der Waals surface area contributed by atoms with Gasteiger partial charge in [-0.2, -0.15) is 13.2 Å². The van der Waals surface area contributed by atoms with E-state index in [1.807, 2.05) is 24.3 Å². The predicted molar refractivity (Wildman–Crippen MR) is 117 cm³/mol. The molecular formula is C21H21ClF3N3OS. The Morgan fingerprint density at radius 1 is 1.00 bits per heavy atom. The molecule has 1 aromatic heterocycles. The molecule has 0 spiro atoms. The monoisotopic (exact) mass is 455 g/mol. The molecule has 2 heterocycles. The molecule has 1 aliphatic rings. The first-order valence-corrected chi connectivity index (χ1v) is 10.2. The average Bonchev–Trinajstić information content (AvgIpc) is 2.69. The van der Waals surface area contributed by atoms with Crippen LogP contribution in [0.25, 0.3) is 10.8 Å². The molecule has 4 nitrogen and oxygen atoms in total. The summed E-state index contributed by atoms with van der Waals surface area (Å²) in [5.74, 6) is 1.45. The number of halogens is 4. The smallest absolute Gasteiger partial charge is 0.446 e. The van der Waals surface area contributed by atoms with Crippen LogP contribution in [0.1, 0.15) is 12.8 Å². The van der Waals surface area contributed by atoms with Gasteiger partial charge in [-0.1, -0.05) is 0 Å². The highest BCUT2D eigenvalue weighted by molar-refractivity contribution is 8.00. The van der Waals surface area contributed by atoms with Crippen molar-refractivity contribution in [2.24, 2.45) is 0 Å². The molecule has 1 fully saturated rings. The molecule has 160 valence electrons. The molecule has 0 radical (unpaired) electrons. The normalized spacial score (nSPS) is 14.9. The van der Waals surface area contributed by atoms with Crippen LogP contribution < -0.4 is 15.4 Å². The van der Waals surface area contributed by atoms with Gasteiger partial charge < -0.3 is 15.4 Å². The number of aromatic nitrogens is 1. The van der Waals surface area contributed by atoms with Crippen LogP contribution in [0.2, 0.25) is 0 Å². The van der Waals surface area contributed by atoms with E-state index >= 15 is 0 Å². The van der Waals surface area contributed by atoms with Crippen LogP contribution in [0.3, 0.4) is 0 Å². The first kappa shape index (κ1) is 22.5. The lowest BCUT2D eigenvalue weighted by atomic mass is 10.1. The van der Waals surface area contributed by atoms with Crippen LogP contribution in [0.15, 0.2) is 59.6 Å². The van der Waals surface area contributed by atoms with E-state index in [9.17, 15) is 13.2 Å². The molecular weight excluding hydrogens is 435 g/mol. The van der Waals surface area contributed by atoms with E-state index in [1.165, 1.54) is 12.1 Å². The van der Waals surface area contributed by atoms with E-state index in [-0.39, 0.29) is 35.2 Å². The maximum Gasteiger partial charge on any atom is 0.446 e. The molecule has 30 heavy (non-hydrogen) atoms. The number of thioether (sulfide) groups is 1. The lowest BCUT2D eigenvalue weighted by Gasteiger charge is -2.24. The fourth-order valence-electron chi connectivity index (χ4n) is 3.25. The first-order chi connectivity index (χ1) is 13.9. The molecule has 0 bridgehead atoms. The number of piperidine rings is 1. The largest absolute Gasteiger partial charge is 0.490 e. The number of fused-ring (bicyclic) bond motifs is 1. The van der Waals surface area contributed by atoms with Crippen molar-refractivity contribution in [2.75, 3.05) is 18.4 Å². The highest BCUT2D eigenvalue weighted by Crippen LogP contribution is 2.37. The minimum absolute atomic E-state index is 0. The number of nitrogens with zero attached hydrogens (tertiary/aromatic N) is 1. The summed E-state index contributed by atoms with van der Waals surface area (Å²) < 4.78 is 43.4. The Bertz CT molecular complexity index is 979. The average molecular weight is 456 g/mol. The summed E-state index contributed by atoms with van der Waals surface area (Å²) in [5, 5.41) is 8.43. The molecule has 3 aromatic rings. The van der Waals surface area contributed by atoms with Crippen LogP contribution in [-0.2, 0) is 0 Å². The number of anilines is 2. The number of pyridine rings is 1. The molecule has 2 N–H and O–H groups in total. The Kier molecular flexibility index (Phi) is 7.33. The highest BCUT2D eigenvalue weighted by Gasteiger charge is 2.29. The molecule has 0 atom stereocenters. The zero-order valence-corrected chi connectivity index (χ0v) is 17.5. The van der Waals surface area contributed by atoms with Crippen molar-refractivity contribution in [1.82, 2.24) is 10.3 Å². The molecule has 9 heteroatoms. The Morgan fingerprint density at radius 3 is 2.43 bits per heavy atom. The third-order valence-corrected chi connectivity index (χ3v) is 5.38. The number of benzene rings is 2. The van der Waals surface area contributed by atoms with E-state index in [0.29, 0.717) is 11.5 Å². The zero-order valence-electron chi connectivity index (χ0n) is 15.9. The molecule has 0 saturated carbocycles. The predicted octanol–water partition coefficient (Wildman–Crippen LogP) is 6.14. The second-order valence-electron chi connectivity index (χ2n) is 6.84. The number of hydrogen-bond acceptors (Lipinski definition) is 5. The molecule has 2 aromatic carbocycles. The van der Waals surface area contributed by atoms with Gasteiger partial charge in [0, 0.05) is 22.2 Å². The van der Waals surface area contributed by atoms with E-state index in [0.717, 1.165) is 42.5 Å². The van der Waals surface area contributed by atoms with Crippen molar-refractivity contribution in [3.63, 3.8) is 0 Å². The maximum absolute atomic E-state index is 12.4. The first-order valence-electron chi connectivity index (χ1n) is 9.35. The maximum atomic E-state index is 12.4. The number of rotatable bonds is 5. The van der Waals surface area contributed by atoms with Gasteiger partial charge >= 0.3 is 5.51 Å². The summed E-state index contributed by atoms with van der Waals surface area (Å²) in [5.41, 5.74) is -3.62. The molecule has 1 saturated heterocycles. The lowest BCUT2D eigenvalue weighted by Crippen LogP contribution is -2.34. The Hall–Kier alpha value is -2.16. The van der Waals surface area contributed by atoms with E-state index < -0.39 is 5.51 Å². The third-order valence-electron chi connectivity index (χ3n) is 4.64. The molecule has 0 unspecified atom stereocenters. The topological polar surface area (TPSA) is 46.2 Å².